The normalized spacial score (nSPS) is 10.0. The van der Waals surface area contributed by atoms with Gasteiger partial charge in [-0.1, -0.05) is 17.7 Å². The maximum Gasteiger partial charge on any atom is 0.262 e. The average Bonchev–Trinajstić information content (AvgIpc) is 2.47. The quantitative estimate of drug-likeness (QED) is 0.893. The summed E-state index contributed by atoms with van der Waals surface area (Å²) >= 11 is 3.37. The molecule has 2 aromatic rings. The number of anilines is 1. The zero-order valence-corrected chi connectivity index (χ0v) is 13.4. The number of ether oxygens (including phenoxy) is 2. The predicted molar refractivity (Wildman–Crippen MR) is 86.0 cm³/mol. The van der Waals surface area contributed by atoms with Crippen LogP contribution in [-0.2, 0) is 4.79 Å². The number of halogens is 1. The first-order valence-electron chi connectivity index (χ1n) is 6.41. The zero-order valence-electron chi connectivity index (χ0n) is 11.9. The predicted octanol–water partition coefficient (Wildman–Crippen LogP) is 3.78. The largest absolute Gasteiger partial charge is 0.496 e. The molecule has 0 saturated carbocycles. The zero-order chi connectivity index (χ0) is 15.2. The molecule has 21 heavy (non-hydrogen) atoms. The molecule has 0 saturated heterocycles. The van der Waals surface area contributed by atoms with Gasteiger partial charge < -0.3 is 14.8 Å². The van der Waals surface area contributed by atoms with Gasteiger partial charge in [0.25, 0.3) is 5.91 Å². The van der Waals surface area contributed by atoms with Gasteiger partial charge in [-0.3, -0.25) is 4.79 Å². The van der Waals surface area contributed by atoms with Crippen LogP contribution in [0.5, 0.6) is 11.5 Å². The molecule has 0 aliphatic rings. The van der Waals surface area contributed by atoms with Gasteiger partial charge in [0.15, 0.2) is 6.61 Å². The van der Waals surface area contributed by atoms with E-state index in [2.05, 4.69) is 21.2 Å². The van der Waals surface area contributed by atoms with Crippen molar-refractivity contribution in [1.29, 1.82) is 0 Å². The van der Waals surface area contributed by atoms with Crippen LogP contribution in [0.25, 0.3) is 0 Å². The average molecular weight is 350 g/mol. The molecule has 1 N–H and O–H groups in total. The molecule has 0 aliphatic heterocycles. The van der Waals surface area contributed by atoms with Gasteiger partial charge >= 0.3 is 0 Å². The molecule has 4 nitrogen and oxygen atoms in total. The number of benzene rings is 2. The van der Waals surface area contributed by atoms with Crippen molar-refractivity contribution >= 4 is 27.5 Å². The minimum atomic E-state index is -0.215. The van der Waals surface area contributed by atoms with Crippen molar-refractivity contribution in [2.45, 2.75) is 6.92 Å². The van der Waals surface area contributed by atoms with Crippen molar-refractivity contribution in [1.82, 2.24) is 0 Å². The van der Waals surface area contributed by atoms with Crippen LogP contribution in [0, 0.1) is 6.92 Å². The van der Waals surface area contributed by atoms with E-state index in [-0.39, 0.29) is 12.5 Å². The highest BCUT2D eigenvalue weighted by Gasteiger charge is 2.06. The van der Waals surface area contributed by atoms with Gasteiger partial charge in [0.2, 0.25) is 0 Å². The van der Waals surface area contributed by atoms with Gasteiger partial charge in [-0.2, -0.15) is 0 Å². The van der Waals surface area contributed by atoms with Crippen LogP contribution < -0.4 is 14.8 Å². The van der Waals surface area contributed by atoms with E-state index >= 15 is 0 Å². The Bertz CT molecular complexity index is 626. The van der Waals surface area contributed by atoms with E-state index in [4.69, 9.17) is 9.47 Å². The Balaban J connectivity index is 1.89. The number of carbonyl (C=O) groups is 1. The first kappa shape index (κ1) is 15.4. The summed E-state index contributed by atoms with van der Waals surface area (Å²) in [6.07, 6.45) is 0. The lowest BCUT2D eigenvalue weighted by atomic mass is 10.2. The number of methoxy groups -OCH3 is 1. The maximum absolute atomic E-state index is 11.8. The van der Waals surface area contributed by atoms with Crippen molar-refractivity contribution < 1.29 is 14.3 Å². The summed E-state index contributed by atoms with van der Waals surface area (Å²) in [7, 11) is 1.59. The Morgan fingerprint density at radius 1 is 1.19 bits per heavy atom. The standard InChI is InChI=1S/C16H16BrNO3/c1-11-3-6-13(7-4-11)21-10-16(19)18-12-5-8-15(20-2)14(17)9-12/h3-9H,10H2,1-2H3,(H,18,19). The maximum atomic E-state index is 11.8. The van der Waals surface area contributed by atoms with E-state index in [0.29, 0.717) is 17.2 Å². The molecule has 110 valence electrons. The number of nitrogens with one attached hydrogen (secondary N) is 1. The summed E-state index contributed by atoms with van der Waals surface area (Å²) in [5.74, 6) is 1.17. The number of hydrogen-bond donors (Lipinski definition) is 1. The summed E-state index contributed by atoms with van der Waals surface area (Å²) in [6.45, 7) is 1.96. The Morgan fingerprint density at radius 3 is 2.52 bits per heavy atom. The summed E-state index contributed by atoms with van der Waals surface area (Å²) in [5, 5.41) is 2.77. The van der Waals surface area contributed by atoms with Gasteiger partial charge in [-0.05, 0) is 53.2 Å². The molecule has 0 aliphatic carbocycles. The molecule has 2 aromatic carbocycles. The summed E-state index contributed by atoms with van der Waals surface area (Å²) in [5.41, 5.74) is 1.83. The highest BCUT2D eigenvalue weighted by atomic mass is 79.9. The van der Waals surface area contributed by atoms with E-state index < -0.39 is 0 Å². The second-order valence-corrected chi connectivity index (χ2v) is 5.35. The van der Waals surface area contributed by atoms with Crippen LogP contribution in [0.15, 0.2) is 46.9 Å². The van der Waals surface area contributed by atoms with E-state index in [1.807, 2.05) is 31.2 Å². The molecule has 5 heteroatoms. The fraction of sp³-hybridized carbons (Fsp3) is 0.188. The molecular weight excluding hydrogens is 334 g/mol. The second-order valence-electron chi connectivity index (χ2n) is 4.50. The lowest BCUT2D eigenvalue weighted by Crippen LogP contribution is -2.20. The van der Waals surface area contributed by atoms with Crippen LogP contribution in [0.2, 0.25) is 0 Å². The molecule has 0 spiro atoms. The third kappa shape index (κ3) is 4.49. The second kappa shape index (κ2) is 7.13. The highest BCUT2D eigenvalue weighted by molar-refractivity contribution is 9.10. The van der Waals surface area contributed by atoms with Gasteiger partial charge in [0, 0.05) is 5.69 Å². The van der Waals surface area contributed by atoms with Gasteiger partial charge in [0.05, 0.1) is 11.6 Å². The smallest absolute Gasteiger partial charge is 0.262 e. The minimum absolute atomic E-state index is 0.0350. The van der Waals surface area contributed by atoms with Crippen molar-refractivity contribution in [3.05, 3.63) is 52.5 Å². The first-order chi connectivity index (χ1) is 10.1. The van der Waals surface area contributed by atoms with Crippen molar-refractivity contribution in [2.75, 3.05) is 19.0 Å². The van der Waals surface area contributed by atoms with Crippen LogP contribution in [-0.4, -0.2) is 19.6 Å². The summed E-state index contributed by atoms with van der Waals surface area (Å²) in [4.78, 5) is 11.8. The van der Waals surface area contributed by atoms with E-state index in [0.717, 1.165) is 10.0 Å². The van der Waals surface area contributed by atoms with Crippen LogP contribution in [0.1, 0.15) is 5.56 Å². The lowest BCUT2D eigenvalue weighted by Gasteiger charge is -2.09. The van der Waals surface area contributed by atoms with Gasteiger partial charge in [-0.15, -0.1) is 0 Å². The van der Waals surface area contributed by atoms with Crippen molar-refractivity contribution in [3.63, 3.8) is 0 Å². The molecule has 0 heterocycles. The Hall–Kier alpha value is -2.01. The van der Waals surface area contributed by atoms with Gasteiger partial charge in [0.1, 0.15) is 11.5 Å². The topological polar surface area (TPSA) is 47.6 Å². The molecule has 0 radical (unpaired) electrons. The molecular formula is C16H16BrNO3. The fourth-order valence-electron chi connectivity index (χ4n) is 1.72. The number of hydrogen-bond acceptors (Lipinski definition) is 3. The Labute approximate surface area is 132 Å². The SMILES string of the molecule is COc1ccc(NC(=O)COc2ccc(C)cc2)cc1Br. The Kier molecular flexibility index (Phi) is 5.22. The number of amides is 1. The molecule has 0 bridgehead atoms. The van der Waals surface area contributed by atoms with Crippen molar-refractivity contribution in [3.8, 4) is 11.5 Å². The summed E-state index contributed by atoms with van der Waals surface area (Å²) < 4.78 is 11.3. The van der Waals surface area contributed by atoms with Crippen molar-refractivity contribution in [2.24, 2.45) is 0 Å². The molecule has 0 fully saturated rings. The first-order valence-corrected chi connectivity index (χ1v) is 7.20. The third-order valence-corrected chi connectivity index (χ3v) is 3.45. The Morgan fingerprint density at radius 2 is 1.90 bits per heavy atom. The van der Waals surface area contributed by atoms with E-state index in [1.54, 1.807) is 25.3 Å². The molecule has 0 unspecified atom stereocenters. The van der Waals surface area contributed by atoms with Crippen LogP contribution in [0.4, 0.5) is 5.69 Å². The number of rotatable bonds is 5. The molecule has 2 rings (SSSR count). The molecule has 0 aromatic heterocycles. The monoisotopic (exact) mass is 349 g/mol. The van der Waals surface area contributed by atoms with Crippen LogP contribution >= 0.6 is 15.9 Å². The van der Waals surface area contributed by atoms with E-state index in [9.17, 15) is 4.79 Å². The van der Waals surface area contributed by atoms with Crippen LogP contribution in [0.3, 0.4) is 0 Å². The lowest BCUT2D eigenvalue weighted by molar-refractivity contribution is -0.118. The summed E-state index contributed by atoms with van der Waals surface area (Å²) in [6, 6.07) is 12.9. The molecule has 0 atom stereocenters. The minimum Gasteiger partial charge on any atom is -0.496 e. The number of carbonyl (C=O) groups excluding carboxylic acids is 1. The fourth-order valence-corrected chi connectivity index (χ4v) is 2.27. The number of aryl methyl sites for hydroxylation is 1. The third-order valence-electron chi connectivity index (χ3n) is 2.83. The van der Waals surface area contributed by atoms with E-state index in [1.165, 1.54) is 0 Å². The van der Waals surface area contributed by atoms with Gasteiger partial charge in [-0.25, -0.2) is 0 Å². The highest BCUT2D eigenvalue weighted by Crippen LogP contribution is 2.27. The molecule has 1 amide bonds.